The van der Waals surface area contributed by atoms with E-state index >= 15 is 0 Å². The van der Waals surface area contributed by atoms with Crippen LogP contribution in [0.4, 0.5) is 0 Å². The summed E-state index contributed by atoms with van der Waals surface area (Å²) in [5.41, 5.74) is 2.31. The monoisotopic (exact) mass is 290 g/mol. The molecule has 2 unspecified atom stereocenters. The van der Waals surface area contributed by atoms with E-state index in [2.05, 4.69) is 12.1 Å². The first-order chi connectivity index (χ1) is 10.2. The normalized spacial score (nSPS) is 23.0. The van der Waals surface area contributed by atoms with Gasteiger partial charge in [-0.2, -0.15) is 0 Å². The Morgan fingerprint density at radius 3 is 2.81 bits per heavy atom. The number of carboxylic acid groups (broad SMARTS) is 1. The van der Waals surface area contributed by atoms with Gasteiger partial charge in [0.2, 0.25) is 0 Å². The predicted molar refractivity (Wildman–Crippen MR) is 78.9 cm³/mol. The summed E-state index contributed by atoms with van der Waals surface area (Å²) >= 11 is 0. The lowest BCUT2D eigenvalue weighted by Crippen LogP contribution is -2.11. The Hall–Kier alpha value is -1.55. The fourth-order valence-corrected chi connectivity index (χ4v) is 3.31. The van der Waals surface area contributed by atoms with Gasteiger partial charge in [0.05, 0.1) is 20.1 Å². The van der Waals surface area contributed by atoms with Crippen LogP contribution in [0.1, 0.15) is 48.6 Å². The molecule has 4 heteroatoms. The fourth-order valence-electron chi connectivity index (χ4n) is 3.31. The minimum atomic E-state index is -0.733. The molecule has 114 valence electrons. The number of hydrogen-bond acceptors (Lipinski definition) is 3. The summed E-state index contributed by atoms with van der Waals surface area (Å²) in [6.07, 6.45) is 3.47. The first-order valence-corrected chi connectivity index (χ1v) is 7.66. The lowest BCUT2D eigenvalue weighted by atomic mass is 9.87. The van der Waals surface area contributed by atoms with E-state index in [1.165, 1.54) is 5.56 Å². The SMILES string of the molecule is COc1ccc(C2CCOC2)cc1C(CC(=O)O)C1CC1. The van der Waals surface area contributed by atoms with Gasteiger partial charge in [-0.05, 0) is 42.4 Å². The largest absolute Gasteiger partial charge is 0.496 e. The van der Waals surface area contributed by atoms with Crippen molar-refractivity contribution in [2.24, 2.45) is 5.92 Å². The van der Waals surface area contributed by atoms with Crippen molar-refractivity contribution >= 4 is 5.97 Å². The summed E-state index contributed by atoms with van der Waals surface area (Å²) in [5.74, 6) is 1.07. The molecule has 2 atom stereocenters. The quantitative estimate of drug-likeness (QED) is 0.874. The van der Waals surface area contributed by atoms with Crippen molar-refractivity contribution in [2.75, 3.05) is 20.3 Å². The zero-order chi connectivity index (χ0) is 14.8. The molecule has 1 aliphatic carbocycles. The Morgan fingerprint density at radius 1 is 1.43 bits per heavy atom. The Labute approximate surface area is 125 Å². The van der Waals surface area contributed by atoms with Crippen molar-refractivity contribution in [1.82, 2.24) is 0 Å². The number of rotatable bonds is 6. The molecule has 2 aliphatic rings. The van der Waals surface area contributed by atoms with Crippen molar-refractivity contribution < 1.29 is 19.4 Å². The van der Waals surface area contributed by atoms with Crippen molar-refractivity contribution in [2.45, 2.75) is 37.5 Å². The molecule has 1 N–H and O–H groups in total. The minimum Gasteiger partial charge on any atom is -0.496 e. The van der Waals surface area contributed by atoms with Crippen LogP contribution >= 0.6 is 0 Å². The molecule has 21 heavy (non-hydrogen) atoms. The van der Waals surface area contributed by atoms with Gasteiger partial charge >= 0.3 is 5.97 Å². The van der Waals surface area contributed by atoms with Crippen LogP contribution in [0.2, 0.25) is 0 Å². The number of ether oxygens (including phenoxy) is 2. The van der Waals surface area contributed by atoms with Gasteiger partial charge in [0.1, 0.15) is 5.75 Å². The van der Waals surface area contributed by atoms with E-state index in [-0.39, 0.29) is 12.3 Å². The predicted octanol–water partition coefficient (Wildman–Crippen LogP) is 3.17. The molecular weight excluding hydrogens is 268 g/mol. The van der Waals surface area contributed by atoms with Crippen molar-refractivity contribution in [3.05, 3.63) is 29.3 Å². The number of methoxy groups -OCH3 is 1. The molecular formula is C17H22O4. The van der Waals surface area contributed by atoms with E-state index in [1.54, 1.807) is 7.11 Å². The van der Waals surface area contributed by atoms with E-state index in [9.17, 15) is 9.90 Å². The van der Waals surface area contributed by atoms with Crippen molar-refractivity contribution in [3.8, 4) is 5.75 Å². The maximum Gasteiger partial charge on any atom is 0.303 e. The second-order valence-electron chi connectivity index (χ2n) is 6.10. The first kappa shape index (κ1) is 14.4. The summed E-state index contributed by atoms with van der Waals surface area (Å²) < 4.78 is 10.9. The van der Waals surface area contributed by atoms with Crippen molar-refractivity contribution in [1.29, 1.82) is 0 Å². The lowest BCUT2D eigenvalue weighted by Gasteiger charge is -2.20. The number of aliphatic carboxylic acids is 1. The molecule has 2 fully saturated rings. The third kappa shape index (κ3) is 3.21. The van der Waals surface area contributed by atoms with E-state index in [4.69, 9.17) is 9.47 Å². The second kappa shape index (κ2) is 6.06. The molecule has 0 bridgehead atoms. The highest BCUT2D eigenvalue weighted by Crippen LogP contribution is 2.47. The molecule has 1 saturated heterocycles. The smallest absolute Gasteiger partial charge is 0.303 e. The summed E-state index contributed by atoms with van der Waals surface area (Å²) in [7, 11) is 1.65. The van der Waals surface area contributed by atoms with Gasteiger partial charge in [0.25, 0.3) is 0 Å². The van der Waals surface area contributed by atoms with Gasteiger partial charge in [0, 0.05) is 18.4 Å². The maximum atomic E-state index is 11.2. The maximum absolute atomic E-state index is 11.2. The molecule has 3 rings (SSSR count). The van der Waals surface area contributed by atoms with Gasteiger partial charge in [-0.15, -0.1) is 0 Å². The standard InChI is InChI=1S/C17H22O4/c1-20-16-5-4-12(13-6-7-21-10-13)8-15(16)14(9-17(18)19)11-2-3-11/h4-5,8,11,13-14H,2-3,6-7,9-10H2,1H3,(H,18,19). The molecule has 0 amide bonds. The highest BCUT2D eigenvalue weighted by Gasteiger charge is 2.35. The van der Waals surface area contributed by atoms with Crippen LogP contribution in [-0.4, -0.2) is 31.4 Å². The van der Waals surface area contributed by atoms with Crippen LogP contribution in [0.25, 0.3) is 0 Å². The molecule has 0 aromatic heterocycles. The van der Waals surface area contributed by atoms with Gasteiger partial charge in [-0.1, -0.05) is 12.1 Å². The van der Waals surface area contributed by atoms with Crippen LogP contribution in [0.15, 0.2) is 18.2 Å². The number of carbonyl (C=O) groups is 1. The van der Waals surface area contributed by atoms with Crippen LogP contribution in [0, 0.1) is 5.92 Å². The van der Waals surface area contributed by atoms with E-state index in [0.29, 0.717) is 11.8 Å². The van der Waals surface area contributed by atoms with Gasteiger partial charge in [0.15, 0.2) is 0 Å². The van der Waals surface area contributed by atoms with Crippen LogP contribution in [-0.2, 0) is 9.53 Å². The second-order valence-corrected chi connectivity index (χ2v) is 6.10. The fraction of sp³-hybridized carbons (Fsp3) is 0.588. The summed E-state index contributed by atoms with van der Waals surface area (Å²) in [6, 6.07) is 6.23. The van der Waals surface area contributed by atoms with Crippen molar-refractivity contribution in [3.63, 3.8) is 0 Å². The Balaban J connectivity index is 1.92. The summed E-state index contributed by atoms with van der Waals surface area (Å²) in [5, 5.41) is 9.21. The van der Waals surface area contributed by atoms with Gasteiger partial charge < -0.3 is 14.6 Å². The Morgan fingerprint density at radius 2 is 2.24 bits per heavy atom. The van der Waals surface area contributed by atoms with Crippen LogP contribution < -0.4 is 4.74 Å². The highest BCUT2D eigenvalue weighted by molar-refractivity contribution is 5.68. The highest BCUT2D eigenvalue weighted by atomic mass is 16.5. The molecule has 4 nitrogen and oxygen atoms in total. The molecule has 1 saturated carbocycles. The molecule has 0 spiro atoms. The number of benzene rings is 1. The average Bonchev–Trinajstić information content (AvgIpc) is 3.17. The Kier molecular flexibility index (Phi) is 4.15. The zero-order valence-corrected chi connectivity index (χ0v) is 12.4. The van der Waals surface area contributed by atoms with Crippen LogP contribution in [0.3, 0.4) is 0 Å². The molecule has 1 aromatic rings. The topological polar surface area (TPSA) is 55.8 Å². The molecule has 0 radical (unpaired) electrons. The van der Waals surface area contributed by atoms with Gasteiger partial charge in [-0.25, -0.2) is 0 Å². The minimum absolute atomic E-state index is 0.0692. The lowest BCUT2D eigenvalue weighted by molar-refractivity contribution is -0.137. The zero-order valence-electron chi connectivity index (χ0n) is 12.4. The van der Waals surface area contributed by atoms with E-state index < -0.39 is 5.97 Å². The van der Waals surface area contributed by atoms with Gasteiger partial charge in [-0.3, -0.25) is 4.79 Å². The summed E-state index contributed by atoms with van der Waals surface area (Å²) in [4.78, 5) is 11.2. The Bertz CT molecular complexity index is 516. The van der Waals surface area contributed by atoms with E-state index in [0.717, 1.165) is 43.8 Å². The molecule has 1 heterocycles. The molecule has 1 aromatic carbocycles. The molecule has 1 aliphatic heterocycles. The van der Waals surface area contributed by atoms with Crippen LogP contribution in [0.5, 0.6) is 5.75 Å². The summed E-state index contributed by atoms with van der Waals surface area (Å²) in [6.45, 7) is 1.58. The third-order valence-electron chi connectivity index (χ3n) is 4.64. The van der Waals surface area contributed by atoms with E-state index in [1.807, 2.05) is 6.07 Å². The average molecular weight is 290 g/mol. The first-order valence-electron chi connectivity index (χ1n) is 7.66. The number of hydrogen-bond donors (Lipinski definition) is 1. The third-order valence-corrected chi connectivity index (χ3v) is 4.64. The number of carboxylic acids is 1.